The predicted octanol–water partition coefficient (Wildman–Crippen LogP) is 3.79. The summed E-state index contributed by atoms with van der Waals surface area (Å²) >= 11 is 0. The number of hydrogen-bond donors (Lipinski definition) is 1. The van der Waals surface area contributed by atoms with Gasteiger partial charge in [0.05, 0.1) is 5.92 Å². The summed E-state index contributed by atoms with van der Waals surface area (Å²) in [5.41, 5.74) is 4.54. The maximum Gasteiger partial charge on any atom is 0.307 e. The molecule has 2 aromatic rings. The zero-order valence-corrected chi connectivity index (χ0v) is 12.0. The fourth-order valence-corrected chi connectivity index (χ4v) is 2.26. The summed E-state index contributed by atoms with van der Waals surface area (Å²) in [5.74, 6) is -1.11. The second-order valence-electron chi connectivity index (χ2n) is 5.41. The first-order valence-electron chi connectivity index (χ1n) is 6.88. The Labute approximate surface area is 120 Å². The van der Waals surface area contributed by atoms with Gasteiger partial charge in [-0.25, -0.2) is 0 Å². The standard InChI is InChI=1S/C18H20O2/c1-13-3-7-15(8-4-13)11-17(18(19)20)12-16-9-5-14(2)6-10-16/h3-10,17H,11-12H2,1-2H3,(H,19,20). The highest BCUT2D eigenvalue weighted by molar-refractivity contribution is 5.70. The Bertz CT molecular complexity index is 520. The molecule has 0 aliphatic carbocycles. The molecule has 2 nitrogen and oxygen atoms in total. The van der Waals surface area contributed by atoms with Gasteiger partial charge < -0.3 is 5.11 Å². The molecule has 20 heavy (non-hydrogen) atoms. The average Bonchev–Trinajstić information content (AvgIpc) is 2.42. The van der Waals surface area contributed by atoms with Gasteiger partial charge in [0.15, 0.2) is 0 Å². The topological polar surface area (TPSA) is 37.3 Å². The first kappa shape index (κ1) is 14.3. The van der Waals surface area contributed by atoms with Crippen molar-refractivity contribution in [2.24, 2.45) is 5.92 Å². The molecule has 2 aromatic carbocycles. The Morgan fingerprint density at radius 3 is 1.50 bits per heavy atom. The minimum atomic E-state index is -0.730. The molecular weight excluding hydrogens is 248 g/mol. The molecule has 0 aliphatic heterocycles. The summed E-state index contributed by atoms with van der Waals surface area (Å²) in [5, 5.41) is 9.41. The van der Waals surface area contributed by atoms with Crippen LogP contribution in [0.5, 0.6) is 0 Å². The van der Waals surface area contributed by atoms with Crippen molar-refractivity contribution in [2.45, 2.75) is 26.7 Å². The molecule has 0 radical (unpaired) electrons. The van der Waals surface area contributed by atoms with Crippen molar-refractivity contribution >= 4 is 5.97 Å². The van der Waals surface area contributed by atoms with Crippen LogP contribution in [-0.4, -0.2) is 11.1 Å². The summed E-state index contributed by atoms with van der Waals surface area (Å²) in [4.78, 5) is 11.4. The zero-order chi connectivity index (χ0) is 14.5. The summed E-state index contributed by atoms with van der Waals surface area (Å²) in [6, 6.07) is 16.2. The molecule has 0 heterocycles. The van der Waals surface area contributed by atoms with Gasteiger partial charge in [0.25, 0.3) is 0 Å². The number of hydrogen-bond acceptors (Lipinski definition) is 1. The number of carboxylic acids is 1. The monoisotopic (exact) mass is 268 g/mol. The lowest BCUT2D eigenvalue weighted by Crippen LogP contribution is -2.19. The second kappa shape index (κ2) is 6.38. The molecule has 0 spiro atoms. The molecule has 2 heteroatoms. The lowest BCUT2D eigenvalue weighted by Gasteiger charge is -2.13. The van der Waals surface area contributed by atoms with E-state index in [1.165, 1.54) is 11.1 Å². The molecule has 2 rings (SSSR count). The van der Waals surface area contributed by atoms with E-state index >= 15 is 0 Å². The van der Waals surface area contributed by atoms with Crippen LogP contribution in [0.1, 0.15) is 22.3 Å². The fraction of sp³-hybridized carbons (Fsp3) is 0.278. The summed E-state index contributed by atoms with van der Waals surface area (Å²) in [6.45, 7) is 4.07. The first-order chi connectivity index (χ1) is 9.54. The van der Waals surface area contributed by atoms with Crippen LogP contribution in [0.15, 0.2) is 48.5 Å². The van der Waals surface area contributed by atoms with Crippen molar-refractivity contribution in [3.63, 3.8) is 0 Å². The molecule has 0 fully saturated rings. The van der Waals surface area contributed by atoms with Crippen LogP contribution in [0.4, 0.5) is 0 Å². The molecule has 1 N–H and O–H groups in total. The average molecular weight is 268 g/mol. The maximum absolute atomic E-state index is 11.4. The Kier molecular flexibility index (Phi) is 4.57. The third-order valence-electron chi connectivity index (χ3n) is 3.55. The molecule has 0 aliphatic rings. The van der Waals surface area contributed by atoms with E-state index in [9.17, 15) is 9.90 Å². The molecule has 0 saturated carbocycles. The van der Waals surface area contributed by atoms with Crippen LogP contribution in [0.3, 0.4) is 0 Å². The van der Waals surface area contributed by atoms with Gasteiger partial charge in [-0.05, 0) is 37.8 Å². The molecule has 0 amide bonds. The Morgan fingerprint density at radius 2 is 1.20 bits per heavy atom. The quantitative estimate of drug-likeness (QED) is 0.895. The second-order valence-corrected chi connectivity index (χ2v) is 5.41. The number of aryl methyl sites for hydroxylation is 2. The molecule has 0 bridgehead atoms. The third-order valence-corrected chi connectivity index (χ3v) is 3.55. The Hall–Kier alpha value is -2.09. The lowest BCUT2D eigenvalue weighted by molar-refractivity contribution is -0.141. The number of benzene rings is 2. The van der Waals surface area contributed by atoms with E-state index in [-0.39, 0.29) is 5.92 Å². The van der Waals surface area contributed by atoms with Crippen molar-refractivity contribution in [3.8, 4) is 0 Å². The van der Waals surface area contributed by atoms with Crippen molar-refractivity contribution in [1.82, 2.24) is 0 Å². The van der Waals surface area contributed by atoms with Gasteiger partial charge in [0, 0.05) is 0 Å². The van der Waals surface area contributed by atoms with Gasteiger partial charge in [-0.2, -0.15) is 0 Å². The SMILES string of the molecule is Cc1ccc(CC(Cc2ccc(C)cc2)C(=O)O)cc1. The number of rotatable bonds is 5. The van der Waals surface area contributed by atoms with E-state index in [4.69, 9.17) is 0 Å². The Morgan fingerprint density at radius 1 is 0.850 bits per heavy atom. The number of carboxylic acid groups (broad SMARTS) is 1. The van der Waals surface area contributed by atoms with E-state index in [1.54, 1.807) is 0 Å². The lowest BCUT2D eigenvalue weighted by atomic mass is 9.92. The van der Waals surface area contributed by atoms with Gasteiger partial charge in [-0.15, -0.1) is 0 Å². The predicted molar refractivity (Wildman–Crippen MR) is 80.9 cm³/mol. The minimum Gasteiger partial charge on any atom is -0.481 e. The summed E-state index contributed by atoms with van der Waals surface area (Å²) in [6.07, 6.45) is 1.15. The summed E-state index contributed by atoms with van der Waals surface area (Å²) in [7, 11) is 0. The highest BCUT2D eigenvalue weighted by Crippen LogP contribution is 2.16. The van der Waals surface area contributed by atoms with Crippen molar-refractivity contribution in [2.75, 3.05) is 0 Å². The van der Waals surface area contributed by atoms with Crippen molar-refractivity contribution in [1.29, 1.82) is 0 Å². The zero-order valence-electron chi connectivity index (χ0n) is 12.0. The van der Waals surface area contributed by atoms with Gasteiger partial charge in [0.1, 0.15) is 0 Å². The molecule has 0 unspecified atom stereocenters. The van der Waals surface area contributed by atoms with Crippen LogP contribution < -0.4 is 0 Å². The van der Waals surface area contributed by atoms with Crippen molar-refractivity contribution < 1.29 is 9.90 Å². The van der Waals surface area contributed by atoms with Gasteiger partial charge in [0.2, 0.25) is 0 Å². The maximum atomic E-state index is 11.4. The van der Waals surface area contributed by atoms with E-state index in [1.807, 2.05) is 62.4 Å². The fourth-order valence-electron chi connectivity index (χ4n) is 2.26. The number of aliphatic carboxylic acids is 1. The minimum absolute atomic E-state index is 0.375. The summed E-state index contributed by atoms with van der Waals surface area (Å²) < 4.78 is 0. The van der Waals surface area contributed by atoms with Gasteiger partial charge >= 0.3 is 5.97 Å². The molecule has 0 aromatic heterocycles. The normalized spacial score (nSPS) is 10.8. The van der Waals surface area contributed by atoms with Gasteiger partial charge in [-0.1, -0.05) is 59.7 Å². The van der Waals surface area contributed by atoms with Gasteiger partial charge in [-0.3, -0.25) is 4.79 Å². The molecule has 0 atom stereocenters. The Balaban J connectivity index is 2.09. The highest BCUT2D eigenvalue weighted by atomic mass is 16.4. The van der Waals surface area contributed by atoms with Crippen LogP contribution >= 0.6 is 0 Å². The first-order valence-corrected chi connectivity index (χ1v) is 6.88. The molecule has 104 valence electrons. The van der Waals surface area contributed by atoms with Crippen molar-refractivity contribution in [3.05, 3.63) is 70.8 Å². The highest BCUT2D eigenvalue weighted by Gasteiger charge is 2.18. The third kappa shape index (κ3) is 3.95. The van der Waals surface area contributed by atoms with Crippen LogP contribution in [0.2, 0.25) is 0 Å². The van der Waals surface area contributed by atoms with E-state index < -0.39 is 5.97 Å². The van der Waals surface area contributed by atoms with E-state index in [0.29, 0.717) is 12.8 Å². The van der Waals surface area contributed by atoms with Crippen LogP contribution in [0, 0.1) is 19.8 Å². The molecular formula is C18H20O2. The van der Waals surface area contributed by atoms with Crippen LogP contribution in [-0.2, 0) is 17.6 Å². The largest absolute Gasteiger partial charge is 0.481 e. The van der Waals surface area contributed by atoms with E-state index in [0.717, 1.165) is 11.1 Å². The smallest absolute Gasteiger partial charge is 0.307 e. The number of carbonyl (C=O) groups is 1. The van der Waals surface area contributed by atoms with Crippen LogP contribution in [0.25, 0.3) is 0 Å². The van der Waals surface area contributed by atoms with E-state index in [2.05, 4.69) is 0 Å². The molecule has 0 saturated heterocycles.